The monoisotopic (exact) mass is 312 g/mol. The number of benzene rings is 1. The van der Waals surface area contributed by atoms with Gasteiger partial charge in [-0.25, -0.2) is 4.98 Å². The highest BCUT2D eigenvalue weighted by molar-refractivity contribution is 5.95. The molecule has 0 aliphatic carbocycles. The van der Waals surface area contributed by atoms with Crippen LogP contribution < -0.4 is 5.32 Å². The molecule has 122 valence electrons. The topological polar surface area (TPSA) is 50.2 Å². The maximum Gasteiger partial charge on any atom is 0.287 e. The standard InChI is InChI=1S/C18H24N4O/c1-18(2)15(12-8-10-22(18)11-9-12)20-17(23)16-19-13-6-4-5-7-14(13)21(16)3/h4-7,12,15H,8-11H2,1-3H3,(H,20,23). The van der Waals surface area contributed by atoms with Crippen LogP contribution in [0.5, 0.6) is 0 Å². The van der Waals surface area contributed by atoms with E-state index in [4.69, 9.17) is 0 Å². The molecule has 5 nitrogen and oxygen atoms in total. The molecule has 3 aliphatic rings. The molecular weight excluding hydrogens is 288 g/mol. The molecule has 0 radical (unpaired) electrons. The number of aromatic nitrogens is 2. The molecule has 4 heterocycles. The lowest BCUT2D eigenvalue weighted by Crippen LogP contribution is -2.69. The molecule has 2 aromatic rings. The SMILES string of the molecule is Cn1c(C(=O)NC2C3CCN(CC3)C2(C)C)nc2ccccc21. The Balaban J connectivity index is 1.63. The zero-order chi connectivity index (χ0) is 16.2. The van der Waals surface area contributed by atoms with E-state index in [2.05, 4.69) is 29.0 Å². The second-order valence-electron chi connectivity index (χ2n) is 7.41. The van der Waals surface area contributed by atoms with Gasteiger partial charge in [0.2, 0.25) is 0 Å². The van der Waals surface area contributed by atoms with Crippen molar-refractivity contribution < 1.29 is 4.79 Å². The van der Waals surface area contributed by atoms with Crippen molar-refractivity contribution >= 4 is 16.9 Å². The van der Waals surface area contributed by atoms with Gasteiger partial charge in [0.25, 0.3) is 5.91 Å². The lowest BCUT2D eigenvalue weighted by Gasteiger charge is -2.56. The summed E-state index contributed by atoms with van der Waals surface area (Å²) in [6.07, 6.45) is 2.35. The Hall–Kier alpha value is -1.88. The third-order valence-electron chi connectivity index (χ3n) is 5.86. The minimum Gasteiger partial charge on any atom is -0.345 e. The second kappa shape index (κ2) is 5.06. The minimum atomic E-state index is -0.0597. The fraction of sp³-hybridized carbons (Fsp3) is 0.556. The smallest absolute Gasteiger partial charge is 0.287 e. The summed E-state index contributed by atoms with van der Waals surface area (Å²) < 4.78 is 1.89. The number of hydrogen-bond acceptors (Lipinski definition) is 3. The van der Waals surface area contributed by atoms with Crippen molar-refractivity contribution in [2.45, 2.75) is 38.3 Å². The first-order valence-corrected chi connectivity index (χ1v) is 8.46. The summed E-state index contributed by atoms with van der Waals surface area (Å²) in [4.78, 5) is 19.9. The van der Waals surface area contributed by atoms with Crippen molar-refractivity contribution in [3.8, 4) is 0 Å². The number of fused-ring (bicyclic) bond motifs is 4. The predicted molar refractivity (Wildman–Crippen MR) is 90.3 cm³/mol. The molecule has 1 aromatic carbocycles. The van der Waals surface area contributed by atoms with E-state index in [-0.39, 0.29) is 17.5 Å². The van der Waals surface area contributed by atoms with E-state index in [1.807, 2.05) is 35.9 Å². The van der Waals surface area contributed by atoms with Crippen LogP contribution in [0, 0.1) is 5.92 Å². The number of para-hydroxylation sites is 2. The summed E-state index contributed by atoms with van der Waals surface area (Å²) in [5, 5.41) is 3.29. The molecule has 3 fully saturated rings. The Bertz CT molecular complexity index is 755. The van der Waals surface area contributed by atoms with Gasteiger partial charge in [-0.1, -0.05) is 12.1 Å². The summed E-state index contributed by atoms with van der Waals surface area (Å²) in [5.41, 5.74) is 1.88. The number of piperidine rings is 3. The van der Waals surface area contributed by atoms with E-state index in [0.717, 1.165) is 24.1 Å². The number of aryl methyl sites for hydroxylation is 1. The number of nitrogens with one attached hydrogen (secondary N) is 1. The van der Waals surface area contributed by atoms with Crippen LogP contribution >= 0.6 is 0 Å². The quantitative estimate of drug-likeness (QED) is 0.924. The van der Waals surface area contributed by atoms with Crippen LogP contribution in [0.3, 0.4) is 0 Å². The summed E-state index contributed by atoms with van der Waals surface area (Å²) >= 11 is 0. The first-order valence-electron chi connectivity index (χ1n) is 8.46. The molecule has 0 saturated carbocycles. The van der Waals surface area contributed by atoms with Gasteiger partial charge in [0.05, 0.1) is 11.0 Å². The van der Waals surface area contributed by atoms with E-state index in [1.165, 1.54) is 12.8 Å². The third-order valence-corrected chi connectivity index (χ3v) is 5.86. The maximum atomic E-state index is 12.9. The number of nitrogens with zero attached hydrogens (tertiary/aromatic N) is 3. The molecule has 0 spiro atoms. The summed E-state index contributed by atoms with van der Waals surface area (Å²) in [6.45, 7) is 6.79. The Morgan fingerprint density at radius 3 is 2.61 bits per heavy atom. The molecule has 1 amide bonds. The van der Waals surface area contributed by atoms with Gasteiger partial charge in [-0.2, -0.15) is 0 Å². The van der Waals surface area contributed by atoms with E-state index in [1.54, 1.807) is 0 Å². The fourth-order valence-electron chi connectivity index (χ4n) is 4.43. The molecule has 3 saturated heterocycles. The zero-order valence-electron chi connectivity index (χ0n) is 14.0. The highest BCUT2D eigenvalue weighted by Gasteiger charge is 2.48. The van der Waals surface area contributed by atoms with Crippen LogP contribution in [0.25, 0.3) is 11.0 Å². The van der Waals surface area contributed by atoms with Crippen molar-refractivity contribution in [2.75, 3.05) is 13.1 Å². The highest BCUT2D eigenvalue weighted by Crippen LogP contribution is 2.39. The van der Waals surface area contributed by atoms with Crippen molar-refractivity contribution in [2.24, 2.45) is 13.0 Å². The molecular formula is C18H24N4O. The first kappa shape index (κ1) is 14.7. The Morgan fingerprint density at radius 2 is 1.96 bits per heavy atom. The molecule has 1 unspecified atom stereocenters. The largest absolute Gasteiger partial charge is 0.345 e. The van der Waals surface area contributed by atoms with E-state index in [9.17, 15) is 4.79 Å². The third kappa shape index (κ3) is 2.17. The van der Waals surface area contributed by atoms with Gasteiger partial charge in [-0.05, 0) is 57.8 Å². The lowest BCUT2D eigenvalue weighted by molar-refractivity contribution is -0.0379. The van der Waals surface area contributed by atoms with Gasteiger partial charge >= 0.3 is 0 Å². The van der Waals surface area contributed by atoms with Crippen LogP contribution in [-0.4, -0.2) is 45.0 Å². The van der Waals surface area contributed by atoms with Gasteiger partial charge in [-0.3, -0.25) is 9.69 Å². The van der Waals surface area contributed by atoms with Crippen molar-refractivity contribution in [1.82, 2.24) is 19.8 Å². The van der Waals surface area contributed by atoms with E-state index in [0.29, 0.717) is 11.7 Å². The summed E-state index contributed by atoms with van der Waals surface area (Å²) in [7, 11) is 1.91. The van der Waals surface area contributed by atoms with Crippen molar-refractivity contribution in [3.05, 3.63) is 30.1 Å². The highest BCUT2D eigenvalue weighted by atomic mass is 16.2. The average molecular weight is 312 g/mol. The molecule has 1 aromatic heterocycles. The second-order valence-corrected chi connectivity index (χ2v) is 7.41. The maximum absolute atomic E-state index is 12.9. The number of carbonyl (C=O) groups excluding carboxylic acids is 1. The molecule has 3 aliphatic heterocycles. The Kier molecular flexibility index (Phi) is 3.23. The average Bonchev–Trinajstić information content (AvgIpc) is 2.89. The first-order chi connectivity index (χ1) is 11.0. The molecule has 1 atom stereocenters. The lowest BCUT2D eigenvalue weighted by atomic mass is 9.72. The van der Waals surface area contributed by atoms with Crippen LogP contribution in [0.15, 0.2) is 24.3 Å². The molecule has 5 heteroatoms. The summed E-state index contributed by atoms with van der Waals surface area (Å²) in [5.74, 6) is 1.02. The van der Waals surface area contributed by atoms with Gasteiger partial charge in [0.15, 0.2) is 5.82 Å². The predicted octanol–water partition coefficient (Wildman–Crippen LogP) is 2.18. The van der Waals surface area contributed by atoms with Gasteiger partial charge in [0, 0.05) is 18.6 Å². The molecule has 2 bridgehead atoms. The normalized spacial score (nSPS) is 28.9. The van der Waals surface area contributed by atoms with Crippen molar-refractivity contribution in [1.29, 1.82) is 0 Å². The molecule has 23 heavy (non-hydrogen) atoms. The molecule has 5 rings (SSSR count). The van der Waals surface area contributed by atoms with Crippen LogP contribution in [0.4, 0.5) is 0 Å². The number of amides is 1. The number of hydrogen-bond donors (Lipinski definition) is 1. The zero-order valence-corrected chi connectivity index (χ0v) is 14.0. The molecule has 1 N–H and O–H groups in total. The number of imidazole rings is 1. The van der Waals surface area contributed by atoms with E-state index < -0.39 is 0 Å². The van der Waals surface area contributed by atoms with Gasteiger partial charge < -0.3 is 9.88 Å². The van der Waals surface area contributed by atoms with E-state index >= 15 is 0 Å². The summed E-state index contributed by atoms with van der Waals surface area (Å²) in [6, 6.07) is 8.06. The number of rotatable bonds is 2. The van der Waals surface area contributed by atoms with Gasteiger partial charge in [-0.15, -0.1) is 0 Å². The minimum absolute atomic E-state index is 0.0153. The fourth-order valence-corrected chi connectivity index (χ4v) is 4.43. The Labute approximate surface area is 136 Å². The number of carbonyl (C=O) groups is 1. The Morgan fingerprint density at radius 1 is 1.26 bits per heavy atom. The van der Waals surface area contributed by atoms with Crippen molar-refractivity contribution in [3.63, 3.8) is 0 Å². The van der Waals surface area contributed by atoms with Crippen LogP contribution in [-0.2, 0) is 7.05 Å². The van der Waals surface area contributed by atoms with Gasteiger partial charge in [0.1, 0.15) is 0 Å². The van der Waals surface area contributed by atoms with Crippen LogP contribution in [0.2, 0.25) is 0 Å². The van der Waals surface area contributed by atoms with Crippen LogP contribution in [0.1, 0.15) is 37.3 Å².